The van der Waals surface area contributed by atoms with Crippen molar-refractivity contribution in [1.82, 2.24) is 4.57 Å². The molecule has 1 saturated heterocycles. The number of hydrogen-bond donors (Lipinski definition) is 0. The summed E-state index contributed by atoms with van der Waals surface area (Å²) >= 11 is 6.03. The van der Waals surface area contributed by atoms with E-state index >= 15 is 0 Å². The van der Waals surface area contributed by atoms with Crippen LogP contribution in [0.5, 0.6) is 0 Å². The van der Waals surface area contributed by atoms with E-state index in [0.29, 0.717) is 0 Å². The summed E-state index contributed by atoms with van der Waals surface area (Å²) in [7, 11) is 0. The lowest BCUT2D eigenvalue weighted by Crippen LogP contribution is -2.36. The zero-order chi connectivity index (χ0) is 21.0. The third-order valence-electron chi connectivity index (χ3n) is 5.66. The first-order valence-electron chi connectivity index (χ1n) is 10.6. The molecule has 1 fully saturated rings. The average Bonchev–Trinajstić information content (AvgIpc) is 3.17. The van der Waals surface area contributed by atoms with Crippen molar-refractivity contribution >= 4 is 40.1 Å². The van der Waals surface area contributed by atoms with Gasteiger partial charge in [-0.1, -0.05) is 41.9 Å². The predicted molar refractivity (Wildman–Crippen MR) is 129 cm³/mol. The topological polar surface area (TPSA) is 29.8 Å². The first kappa shape index (κ1) is 19.9. The molecule has 5 heteroatoms. The lowest BCUT2D eigenvalue weighted by atomic mass is 10.2. The Morgan fingerprint density at radius 3 is 2.42 bits per heavy atom. The van der Waals surface area contributed by atoms with Crippen LogP contribution in [0.15, 0.2) is 84.0 Å². The standard InChI is InChI=1S/C26H24ClN3O/c27-22-7-5-20(6-8-22)18-30-19-21(25-3-1-2-4-26(25)30)17-28-23-9-11-24(12-10-23)29-13-15-31-16-14-29/h1-12,17,19H,13-16,18H2. The summed E-state index contributed by atoms with van der Waals surface area (Å²) < 4.78 is 7.70. The number of ether oxygens (including phenoxy) is 1. The highest BCUT2D eigenvalue weighted by Crippen LogP contribution is 2.24. The summed E-state index contributed by atoms with van der Waals surface area (Å²) in [6.07, 6.45) is 4.13. The second-order valence-corrected chi connectivity index (χ2v) is 8.17. The summed E-state index contributed by atoms with van der Waals surface area (Å²) in [6, 6.07) is 24.9. The number of morpholine rings is 1. The lowest BCUT2D eigenvalue weighted by Gasteiger charge is -2.28. The van der Waals surface area contributed by atoms with Crippen LogP contribution in [0.1, 0.15) is 11.1 Å². The van der Waals surface area contributed by atoms with Crippen LogP contribution in [0.25, 0.3) is 10.9 Å². The zero-order valence-corrected chi connectivity index (χ0v) is 18.0. The van der Waals surface area contributed by atoms with Gasteiger partial charge in [0.05, 0.1) is 18.9 Å². The largest absolute Gasteiger partial charge is 0.378 e. The molecule has 0 atom stereocenters. The fourth-order valence-corrected chi connectivity index (χ4v) is 4.14. The van der Waals surface area contributed by atoms with Gasteiger partial charge in [0.15, 0.2) is 0 Å². The van der Waals surface area contributed by atoms with Crippen molar-refractivity contribution in [2.24, 2.45) is 4.99 Å². The second kappa shape index (κ2) is 8.96. The van der Waals surface area contributed by atoms with E-state index in [0.717, 1.165) is 49.1 Å². The van der Waals surface area contributed by atoms with Gasteiger partial charge in [-0.3, -0.25) is 4.99 Å². The Hall–Kier alpha value is -3.08. The van der Waals surface area contributed by atoms with E-state index in [4.69, 9.17) is 21.3 Å². The van der Waals surface area contributed by atoms with E-state index in [9.17, 15) is 0 Å². The average molecular weight is 430 g/mol. The Kier molecular flexibility index (Phi) is 5.74. The van der Waals surface area contributed by atoms with Crippen molar-refractivity contribution in [3.8, 4) is 0 Å². The van der Waals surface area contributed by atoms with E-state index in [2.05, 4.69) is 76.3 Å². The van der Waals surface area contributed by atoms with Gasteiger partial charge in [0.2, 0.25) is 0 Å². The Morgan fingerprint density at radius 2 is 1.65 bits per heavy atom. The number of aliphatic imine (C=N–C) groups is 1. The van der Waals surface area contributed by atoms with Gasteiger partial charge in [-0.15, -0.1) is 0 Å². The van der Waals surface area contributed by atoms with Gasteiger partial charge in [-0.25, -0.2) is 0 Å². The minimum atomic E-state index is 0.758. The highest BCUT2D eigenvalue weighted by molar-refractivity contribution is 6.30. The number of benzene rings is 3. The Morgan fingerprint density at radius 1 is 0.903 bits per heavy atom. The molecule has 2 heterocycles. The number of fused-ring (bicyclic) bond motifs is 1. The number of rotatable bonds is 5. The van der Waals surface area contributed by atoms with Crippen LogP contribution >= 0.6 is 11.6 Å². The van der Waals surface area contributed by atoms with Gasteiger partial charge in [0.25, 0.3) is 0 Å². The maximum Gasteiger partial charge on any atom is 0.0642 e. The van der Waals surface area contributed by atoms with Crippen molar-refractivity contribution in [3.05, 3.63) is 95.1 Å². The van der Waals surface area contributed by atoms with Gasteiger partial charge < -0.3 is 14.2 Å². The Labute approximate surface area is 187 Å². The van der Waals surface area contributed by atoms with Crippen molar-refractivity contribution in [1.29, 1.82) is 0 Å². The van der Waals surface area contributed by atoms with Crippen LogP contribution in [0, 0.1) is 0 Å². The minimum absolute atomic E-state index is 0.758. The second-order valence-electron chi connectivity index (χ2n) is 7.73. The molecule has 0 spiro atoms. The third-order valence-corrected chi connectivity index (χ3v) is 5.92. The van der Waals surface area contributed by atoms with Crippen LogP contribution in [0.4, 0.5) is 11.4 Å². The molecule has 1 aliphatic heterocycles. The van der Waals surface area contributed by atoms with Crippen LogP contribution in [0.2, 0.25) is 5.02 Å². The molecule has 1 aliphatic rings. The smallest absolute Gasteiger partial charge is 0.0642 e. The third kappa shape index (κ3) is 4.50. The van der Waals surface area contributed by atoms with Gasteiger partial charge in [0.1, 0.15) is 0 Å². The first-order chi connectivity index (χ1) is 15.3. The van der Waals surface area contributed by atoms with E-state index in [1.807, 2.05) is 18.3 Å². The molecule has 1 aromatic heterocycles. The highest BCUT2D eigenvalue weighted by atomic mass is 35.5. The molecular weight excluding hydrogens is 406 g/mol. The van der Waals surface area contributed by atoms with Gasteiger partial charge in [0, 0.05) is 59.2 Å². The fourth-order valence-electron chi connectivity index (χ4n) is 4.01. The van der Waals surface area contributed by atoms with Crippen LogP contribution < -0.4 is 4.90 Å². The minimum Gasteiger partial charge on any atom is -0.378 e. The number of hydrogen-bond acceptors (Lipinski definition) is 3. The normalized spacial score (nSPS) is 14.5. The lowest BCUT2D eigenvalue weighted by molar-refractivity contribution is 0.122. The molecule has 0 amide bonds. The molecule has 0 unspecified atom stereocenters. The maximum atomic E-state index is 6.03. The first-order valence-corrected chi connectivity index (χ1v) is 10.9. The molecule has 0 saturated carbocycles. The molecule has 156 valence electrons. The van der Waals surface area contributed by atoms with E-state index in [1.54, 1.807) is 0 Å². The van der Waals surface area contributed by atoms with E-state index in [-0.39, 0.29) is 0 Å². The fraction of sp³-hybridized carbons (Fsp3) is 0.192. The monoisotopic (exact) mass is 429 g/mol. The molecule has 0 aliphatic carbocycles. The van der Waals surface area contributed by atoms with Crippen LogP contribution in [-0.4, -0.2) is 37.1 Å². The number of aromatic nitrogens is 1. The number of nitrogens with zero attached hydrogens (tertiary/aromatic N) is 3. The van der Waals surface area contributed by atoms with Crippen LogP contribution in [-0.2, 0) is 11.3 Å². The molecule has 4 aromatic rings. The van der Waals surface area contributed by atoms with E-state index in [1.165, 1.54) is 22.2 Å². The number of para-hydroxylation sites is 1. The Balaban J connectivity index is 1.38. The quantitative estimate of drug-likeness (QED) is 0.368. The van der Waals surface area contributed by atoms with Crippen molar-refractivity contribution in [2.45, 2.75) is 6.54 Å². The van der Waals surface area contributed by atoms with Crippen LogP contribution in [0.3, 0.4) is 0 Å². The summed E-state index contributed by atoms with van der Waals surface area (Å²) in [5.74, 6) is 0. The van der Waals surface area contributed by atoms with Crippen molar-refractivity contribution in [2.75, 3.05) is 31.2 Å². The predicted octanol–water partition coefficient (Wildman–Crippen LogP) is 5.93. The zero-order valence-electron chi connectivity index (χ0n) is 17.2. The summed E-state index contributed by atoms with van der Waals surface area (Å²) in [5.41, 5.74) is 5.70. The summed E-state index contributed by atoms with van der Waals surface area (Å²) in [6.45, 7) is 4.26. The number of anilines is 1. The molecule has 3 aromatic carbocycles. The SMILES string of the molecule is Clc1ccc(Cn2cc(C=Nc3ccc(N4CCOCC4)cc3)c3ccccc32)cc1. The summed E-state index contributed by atoms with van der Waals surface area (Å²) in [4.78, 5) is 7.09. The molecular formula is C26H24ClN3O. The van der Waals surface area contributed by atoms with Crippen molar-refractivity contribution in [3.63, 3.8) is 0 Å². The molecule has 31 heavy (non-hydrogen) atoms. The van der Waals surface area contributed by atoms with Gasteiger partial charge in [-0.05, 0) is 48.0 Å². The molecule has 0 N–H and O–H groups in total. The molecule has 4 nitrogen and oxygen atoms in total. The van der Waals surface area contributed by atoms with E-state index < -0.39 is 0 Å². The molecule has 0 radical (unpaired) electrons. The maximum absolute atomic E-state index is 6.03. The summed E-state index contributed by atoms with van der Waals surface area (Å²) in [5, 5.41) is 1.96. The number of halogens is 1. The molecule has 0 bridgehead atoms. The van der Waals surface area contributed by atoms with Crippen molar-refractivity contribution < 1.29 is 4.74 Å². The Bertz CT molecular complexity index is 1190. The highest BCUT2D eigenvalue weighted by Gasteiger charge is 2.11. The van der Waals surface area contributed by atoms with Gasteiger partial charge >= 0.3 is 0 Å². The van der Waals surface area contributed by atoms with Gasteiger partial charge in [-0.2, -0.15) is 0 Å². The molecule has 5 rings (SSSR count).